The standard InChI is InChI=1S/C34H47N3O4/c1-20-18-21(2)35-32(38)27(20)19-37-17-16-26-28(33(37)39)22(3)30-31(29(26)23-10-8-7-9-11-23)41-34(4,40-30)24-12-14-25(15-13-24)36(5)6/h18,23-25H,7-17,19H2,1-6H3,(H,35,38). The molecular weight excluding hydrogens is 514 g/mol. The van der Waals surface area contributed by atoms with E-state index in [-0.39, 0.29) is 11.5 Å². The predicted octanol–water partition coefficient (Wildman–Crippen LogP) is 6.15. The van der Waals surface area contributed by atoms with Gasteiger partial charge in [-0.1, -0.05) is 19.3 Å². The van der Waals surface area contributed by atoms with Crippen molar-refractivity contribution in [1.29, 1.82) is 0 Å². The Labute approximate surface area is 244 Å². The maximum atomic E-state index is 14.2. The topological polar surface area (TPSA) is 74.9 Å². The minimum Gasteiger partial charge on any atom is -0.448 e. The summed E-state index contributed by atoms with van der Waals surface area (Å²) in [4.78, 5) is 34.2. The number of aromatic nitrogens is 1. The van der Waals surface area contributed by atoms with E-state index in [1.165, 1.54) is 24.8 Å². The highest BCUT2D eigenvalue weighted by Crippen LogP contribution is 2.55. The molecule has 1 N–H and O–H groups in total. The lowest BCUT2D eigenvalue weighted by atomic mass is 9.77. The number of aromatic amines is 1. The highest BCUT2D eigenvalue weighted by molar-refractivity contribution is 6.00. The summed E-state index contributed by atoms with van der Waals surface area (Å²) in [6.45, 7) is 8.92. The van der Waals surface area contributed by atoms with Crippen molar-refractivity contribution in [3.8, 4) is 11.5 Å². The van der Waals surface area contributed by atoms with Gasteiger partial charge in [-0.25, -0.2) is 0 Å². The monoisotopic (exact) mass is 561 g/mol. The summed E-state index contributed by atoms with van der Waals surface area (Å²) in [5.74, 6) is 1.69. The second kappa shape index (κ2) is 10.8. The average molecular weight is 562 g/mol. The van der Waals surface area contributed by atoms with E-state index in [1.54, 1.807) is 0 Å². The van der Waals surface area contributed by atoms with E-state index in [9.17, 15) is 9.59 Å². The molecule has 1 aromatic heterocycles. The number of aryl methyl sites for hydroxylation is 2. The molecule has 0 spiro atoms. The maximum Gasteiger partial charge on any atom is 0.254 e. The van der Waals surface area contributed by atoms with E-state index >= 15 is 0 Å². The Hall–Kier alpha value is -2.80. The number of nitrogens with one attached hydrogen (secondary N) is 1. The third kappa shape index (κ3) is 4.98. The normalized spacial score (nSPS) is 26.5. The second-order valence-electron chi connectivity index (χ2n) is 13.5. The van der Waals surface area contributed by atoms with Crippen molar-refractivity contribution in [2.45, 2.75) is 116 Å². The molecule has 1 aromatic carbocycles. The summed E-state index contributed by atoms with van der Waals surface area (Å²) in [6.07, 6.45) is 11.2. The van der Waals surface area contributed by atoms with Crippen molar-refractivity contribution in [3.63, 3.8) is 0 Å². The molecule has 3 heterocycles. The molecule has 0 radical (unpaired) electrons. The van der Waals surface area contributed by atoms with Gasteiger partial charge in [0.15, 0.2) is 11.5 Å². The smallest absolute Gasteiger partial charge is 0.254 e. The molecular formula is C34H47N3O4. The van der Waals surface area contributed by atoms with Crippen molar-refractivity contribution < 1.29 is 14.3 Å². The fraction of sp³-hybridized carbons (Fsp3) is 0.647. The largest absolute Gasteiger partial charge is 0.448 e. The van der Waals surface area contributed by atoms with Crippen LogP contribution in [-0.2, 0) is 13.0 Å². The van der Waals surface area contributed by atoms with Crippen molar-refractivity contribution >= 4 is 5.91 Å². The maximum absolute atomic E-state index is 14.2. The molecule has 7 nitrogen and oxygen atoms in total. The second-order valence-corrected chi connectivity index (χ2v) is 13.5. The molecule has 4 aliphatic rings. The SMILES string of the molecule is Cc1cc(C)c(CN2CCc3c(c(C)c4c(c3C3CCCCC3)OC(C)(C3CCC(N(C)C)CC3)O4)C2=O)c(=O)[nH]1. The summed E-state index contributed by atoms with van der Waals surface area (Å²) >= 11 is 0. The first kappa shape index (κ1) is 28.3. The molecule has 7 heteroatoms. The lowest BCUT2D eigenvalue weighted by Gasteiger charge is -2.39. The van der Waals surface area contributed by atoms with Gasteiger partial charge in [0.2, 0.25) is 0 Å². The van der Waals surface area contributed by atoms with Crippen LogP contribution in [0.3, 0.4) is 0 Å². The van der Waals surface area contributed by atoms with Crippen LogP contribution in [0.5, 0.6) is 11.5 Å². The summed E-state index contributed by atoms with van der Waals surface area (Å²) in [7, 11) is 4.35. The Morgan fingerprint density at radius 1 is 0.976 bits per heavy atom. The zero-order chi connectivity index (χ0) is 29.1. The van der Waals surface area contributed by atoms with Gasteiger partial charge in [0.1, 0.15) is 0 Å². The number of fused-ring (bicyclic) bond motifs is 2. The zero-order valence-corrected chi connectivity index (χ0v) is 25.8. The first-order valence-corrected chi connectivity index (χ1v) is 15.8. The molecule has 2 fully saturated rings. The molecule has 6 rings (SSSR count). The summed E-state index contributed by atoms with van der Waals surface area (Å²) in [5.41, 5.74) is 6.40. The quantitative estimate of drug-likeness (QED) is 0.474. The van der Waals surface area contributed by atoms with Crippen LogP contribution in [-0.4, -0.2) is 53.2 Å². The van der Waals surface area contributed by atoms with E-state index < -0.39 is 5.79 Å². The van der Waals surface area contributed by atoms with E-state index in [0.717, 1.165) is 84.4 Å². The van der Waals surface area contributed by atoms with Gasteiger partial charge in [-0.3, -0.25) is 9.59 Å². The van der Waals surface area contributed by atoms with Crippen LogP contribution < -0.4 is 15.0 Å². The fourth-order valence-electron chi connectivity index (χ4n) is 8.14. The van der Waals surface area contributed by atoms with Crippen molar-refractivity contribution in [2.75, 3.05) is 20.6 Å². The molecule has 2 aliphatic heterocycles. The highest BCUT2D eigenvalue weighted by atomic mass is 16.7. The summed E-state index contributed by atoms with van der Waals surface area (Å²) in [5, 5.41) is 0. The number of ether oxygens (including phenoxy) is 2. The van der Waals surface area contributed by atoms with Crippen LogP contribution in [0, 0.1) is 26.7 Å². The minimum absolute atomic E-state index is 0.00618. The zero-order valence-electron chi connectivity index (χ0n) is 25.8. The van der Waals surface area contributed by atoms with Gasteiger partial charge in [-0.15, -0.1) is 0 Å². The van der Waals surface area contributed by atoms with Gasteiger partial charge in [0.25, 0.3) is 17.3 Å². The van der Waals surface area contributed by atoms with Crippen molar-refractivity contribution in [1.82, 2.24) is 14.8 Å². The number of amides is 1. The van der Waals surface area contributed by atoms with Crippen LogP contribution in [0.4, 0.5) is 0 Å². The lowest BCUT2D eigenvalue weighted by Crippen LogP contribution is -2.46. The first-order chi connectivity index (χ1) is 19.6. The Bertz CT molecular complexity index is 1400. The van der Waals surface area contributed by atoms with E-state index in [2.05, 4.69) is 30.9 Å². The van der Waals surface area contributed by atoms with Gasteiger partial charge in [0.05, 0.1) is 6.54 Å². The number of carbonyl (C=O) groups is 1. The molecule has 2 aromatic rings. The molecule has 222 valence electrons. The summed E-state index contributed by atoms with van der Waals surface area (Å²) < 4.78 is 13.8. The number of nitrogens with zero attached hydrogens (tertiary/aromatic N) is 2. The number of rotatable bonds is 5. The number of benzene rings is 1. The van der Waals surface area contributed by atoms with Crippen molar-refractivity contribution in [2.24, 2.45) is 5.92 Å². The van der Waals surface area contributed by atoms with Crippen LogP contribution in [0.1, 0.15) is 114 Å². The Morgan fingerprint density at radius 3 is 2.32 bits per heavy atom. The fourth-order valence-corrected chi connectivity index (χ4v) is 8.14. The van der Waals surface area contributed by atoms with Crippen LogP contribution >= 0.6 is 0 Å². The van der Waals surface area contributed by atoms with Crippen molar-refractivity contribution in [3.05, 3.63) is 55.5 Å². The van der Waals surface area contributed by atoms with Gasteiger partial charge < -0.3 is 24.3 Å². The predicted molar refractivity (Wildman–Crippen MR) is 161 cm³/mol. The van der Waals surface area contributed by atoms with Gasteiger partial charge in [-0.05, 0) is 103 Å². The van der Waals surface area contributed by atoms with E-state index in [0.29, 0.717) is 36.5 Å². The molecule has 41 heavy (non-hydrogen) atoms. The van der Waals surface area contributed by atoms with Gasteiger partial charge in [0, 0.05) is 53.4 Å². The minimum atomic E-state index is -0.715. The molecule has 2 saturated carbocycles. The van der Waals surface area contributed by atoms with Gasteiger partial charge >= 0.3 is 0 Å². The number of carbonyl (C=O) groups excluding carboxylic acids is 1. The number of pyridine rings is 1. The van der Waals surface area contributed by atoms with Crippen LogP contribution in [0.15, 0.2) is 10.9 Å². The Kier molecular flexibility index (Phi) is 7.46. The van der Waals surface area contributed by atoms with E-state index in [1.807, 2.05) is 31.7 Å². The Balaban J connectivity index is 1.37. The summed E-state index contributed by atoms with van der Waals surface area (Å²) in [6, 6.07) is 2.59. The Morgan fingerprint density at radius 2 is 1.66 bits per heavy atom. The van der Waals surface area contributed by atoms with E-state index in [4.69, 9.17) is 9.47 Å². The third-order valence-corrected chi connectivity index (χ3v) is 10.6. The van der Waals surface area contributed by atoms with Crippen LogP contribution in [0.25, 0.3) is 0 Å². The third-order valence-electron chi connectivity index (χ3n) is 10.6. The molecule has 1 amide bonds. The number of H-pyrrole nitrogens is 1. The number of hydrogen-bond donors (Lipinski definition) is 1. The molecule has 1 atom stereocenters. The average Bonchev–Trinajstić information content (AvgIpc) is 3.31. The molecule has 0 saturated heterocycles. The number of hydrogen-bond acceptors (Lipinski definition) is 5. The molecule has 2 aliphatic carbocycles. The van der Waals surface area contributed by atoms with Gasteiger partial charge in [-0.2, -0.15) is 0 Å². The molecule has 0 bridgehead atoms. The van der Waals surface area contributed by atoms with Crippen LogP contribution in [0.2, 0.25) is 0 Å². The highest BCUT2D eigenvalue weighted by Gasteiger charge is 2.49. The lowest BCUT2D eigenvalue weighted by molar-refractivity contribution is -0.123. The first-order valence-electron chi connectivity index (χ1n) is 15.8. The molecule has 1 unspecified atom stereocenters.